The zero-order valence-electron chi connectivity index (χ0n) is 20.4. The molecule has 0 radical (unpaired) electrons. The van der Waals surface area contributed by atoms with Gasteiger partial charge >= 0.3 is 7.82 Å². The van der Waals surface area contributed by atoms with Crippen LogP contribution in [0.25, 0.3) is 0 Å². The van der Waals surface area contributed by atoms with E-state index in [9.17, 15) is 8.96 Å². The van der Waals surface area contributed by atoms with Crippen LogP contribution >= 0.6 is 7.82 Å². The number of anilines is 4. The molecule has 2 heterocycles. The van der Waals surface area contributed by atoms with Crippen molar-refractivity contribution in [1.29, 1.82) is 0 Å². The molecule has 1 aromatic carbocycles. The lowest BCUT2D eigenvalue weighted by Gasteiger charge is -2.24. The van der Waals surface area contributed by atoms with E-state index in [1.165, 1.54) is 38.2 Å². The van der Waals surface area contributed by atoms with E-state index >= 15 is 0 Å². The average molecular weight is 524 g/mol. The van der Waals surface area contributed by atoms with Gasteiger partial charge in [0.25, 0.3) is 0 Å². The van der Waals surface area contributed by atoms with Crippen molar-refractivity contribution >= 4 is 31.4 Å². The summed E-state index contributed by atoms with van der Waals surface area (Å²) < 4.78 is 29.8. The number of nitrogens with zero attached hydrogens (tertiary/aromatic N) is 3. The lowest BCUT2D eigenvalue weighted by Crippen LogP contribution is -2.40. The number of halogens is 1. The summed E-state index contributed by atoms with van der Waals surface area (Å²) in [5, 5.41) is 13.3. The lowest BCUT2D eigenvalue weighted by molar-refractivity contribution is 0.278. The van der Waals surface area contributed by atoms with Crippen LogP contribution in [0, 0.1) is 11.7 Å². The van der Waals surface area contributed by atoms with Crippen molar-refractivity contribution in [3.63, 3.8) is 0 Å². The first kappa shape index (κ1) is 26.5. The maximum atomic E-state index is 14.4. The van der Waals surface area contributed by atoms with Crippen LogP contribution in [0.4, 0.5) is 27.9 Å². The Bertz CT molecular complexity index is 1060. The third-order valence-corrected chi connectivity index (χ3v) is 7.09. The third kappa shape index (κ3) is 7.73. The molecule has 2 aromatic rings. The van der Waals surface area contributed by atoms with Gasteiger partial charge in [-0.3, -0.25) is 9.79 Å². The SMILES string of the molecule is CCC(Nc1nc(NCC2CCCCC2)nc(Nc2ccc(OP(=O)(O)O)c(F)c2)n1)C1CCCN1. The van der Waals surface area contributed by atoms with Crippen LogP contribution < -0.4 is 25.8 Å². The van der Waals surface area contributed by atoms with Gasteiger partial charge < -0.3 is 25.8 Å². The van der Waals surface area contributed by atoms with Crippen LogP contribution in [-0.2, 0) is 4.57 Å². The van der Waals surface area contributed by atoms with E-state index in [0.717, 1.165) is 44.5 Å². The van der Waals surface area contributed by atoms with E-state index in [0.29, 0.717) is 29.5 Å². The van der Waals surface area contributed by atoms with Gasteiger partial charge in [-0.25, -0.2) is 8.96 Å². The van der Waals surface area contributed by atoms with Crippen LogP contribution in [0.1, 0.15) is 58.3 Å². The summed E-state index contributed by atoms with van der Waals surface area (Å²) >= 11 is 0. The van der Waals surface area contributed by atoms with Gasteiger partial charge in [-0.1, -0.05) is 26.2 Å². The van der Waals surface area contributed by atoms with E-state index in [-0.39, 0.29) is 12.0 Å². The van der Waals surface area contributed by atoms with Crippen LogP contribution in [-0.4, -0.2) is 49.9 Å². The van der Waals surface area contributed by atoms with E-state index in [2.05, 4.69) is 47.7 Å². The maximum Gasteiger partial charge on any atom is 0.524 e. The van der Waals surface area contributed by atoms with Crippen molar-refractivity contribution in [3.05, 3.63) is 24.0 Å². The van der Waals surface area contributed by atoms with Crippen molar-refractivity contribution in [3.8, 4) is 5.75 Å². The quantitative estimate of drug-likeness (QED) is 0.235. The fourth-order valence-electron chi connectivity index (χ4n) is 4.82. The fourth-order valence-corrected chi connectivity index (χ4v) is 5.22. The van der Waals surface area contributed by atoms with Crippen molar-refractivity contribution in [2.45, 2.75) is 70.4 Å². The van der Waals surface area contributed by atoms with Gasteiger partial charge in [0.15, 0.2) is 11.6 Å². The minimum Gasteiger partial charge on any atom is -0.401 e. The van der Waals surface area contributed by atoms with Gasteiger partial charge in [0, 0.05) is 30.4 Å². The summed E-state index contributed by atoms with van der Waals surface area (Å²) in [6.45, 7) is 3.88. The second-order valence-electron chi connectivity index (χ2n) is 9.41. The van der Waals surface area contributed by atoms with Gasteiger partial charge in [-0.05, 0) is 56.7 Å². The van der Waals surface area contributed by atoms with Crippen LogP contribution in [0.3, 0.4) is 0 Å². The molecule has 0 spiro atoms. The highest BCUT2D eigenvalue weighted by Gasteiger charge is 2.24. The molecule has 6 N–H and O–H groups in total. The number of hydrogen-bond acceptors (Lipinski definition) is 9. The number of phosphoric acid groups is 1. The first-order valence-electron chi connectivity index (χ1n) is 12.6. The summed E-state index contributed by atoms with van der Waals surface area (Å²) in [7, 11) is -4.87. The van der Waals surface area contributed by atoms with Crippen LogP contribution in [0.5, 0.6) is 5.75 Å². The second-order valence-corrected chi connectivity index (χ2v) is 10.6. The first-order valence-corrected chi connectivity index (χ1v) is 14.1. The molecule has 36 heavy (non-hydrogen) atoms. The van der Waals surface area contributed by atoms with Gasteiger partial charge in [-0.2, -0.15) is 15.0 Å². The van der Waals surface area contributed by atoms with Crippen LogP contribution in [0.2, 0.25) is 0 Å². The molecule has 2 unspecified atom stereocenters. The molecule has 2 aliphatic rings. The van der Waals surface area contributed by atoms with Gasteiger partial charge in [-0.15, -0.1) is 0 Å². The average Bonchev–Trinajstić information content (AvgIpc) is 3.38. The Morgan fingerprint density at radius 2 is 1.86 bits per heavy atom. The number of aromatic nitrogens is 3. The number of benzene rings is 1. The monoisotopic (exact) mass is 523 g/mol. The predicted octanol–water partition coefficient (Wildman–Crippen LogP) is 4.16. The number of nitrogens with one attached hydrogen (secondary N) is 4. The highest BCUT2D eigenvalue weighted by molar-refractivity contribution is 7.46. The van der Waals surface area contributed by atoms with E-state index in [1.807, 2.05) is 0 Å². The Morgan fingerprint density at radius 1 is 1.11 bits per heavy atom. The highest BCUT2D eigenvalue weighted by Crippen LogP contribution is 2.39. The summed E-state index contributed by atoms with van der Waals surface area (Å²) in [6, 6.07) is 4.11. The Labute approximate surface area is 210 Å². The van der Waals surface area contributed by atoms with E-state index < -0.39 is 19.4 Å². The molecule has 1 saturated carbocycles. The maximum absolute atomic E-state index is 14.4. The first-order chi connectivity index (χ1) is 17.3. The zero-order valence-corrected chi connectivity index (χ0v) is 21.3. The van der Waals surface area contributed by atoms with E-state index in [1.54, 1.807) is 0 Å². The minimum absolute atomic E-state index is 0.149. The fraction of sp³-hybridized carbons (Fsp3) is 0.609. The summed E-state index contributed by atoms with van der Waals surface area (Å²) in [5.74, 6) is 0.167. The molecule has 4 rings (SSSR count). The number of rotatable bonds is 11. The van der Waals surface area contributed by atoms with Gasteiger partial charge in [0.1, 0.15) is 0 Å². The molecule has 1 aliphatic carbocycles. The van der Waals surface area contributed by atoms with Crippen molar-refractivity contribution in [2.24, 2.45) is 5.92 Å². The molecular formula is C23H35FN7O4P. The normalized spacial score (nSPS) is 19.6. The standard InChI is InChI=1S/C23H35FN7O4P/c1-2-18(19-9-6-12-25-19)28-23-30-21(26-14-15-7-4-3-5-8-15)29-22(31-23)27-16-10-11-20(17(24)13-16)35-36(32,33)34/h10-11,13,15,18-19,25H,2-9,12,14H2,1H3,(H2,32,33,34)(H3,26,27,28,29,30,31). The molecule has 198 valence electrons. The smallest absolute Gasteiger partial charge is 0.401 e. The topological polar surface area (TPSA) is 154 Å². The molecule has 1 saturated heterocycles. The number of hydrogen-bond donors (Lipinski definition) is 6. The molecule has 13 heteroatoms. The lowest BCUT2D eigenvalue weighted by atomic mass is 9.89. The molecule has 11 nitrogen and oxygen atoms in total. The molecule has 1 aromatic heterocycles. The molecule has 1 aliphatic heterocycles. The Hall–Kier alpha value is -2.53. The molecule has 0 bridgehead atoms. The van der Waals surface area contributed by atoms with Crippen molar-refractivity contribution < 1.29 is 23.3 Å². The highest BCUT2D eigenvalue weighted by atomic mass is 31.2. The van der Waals surface area contributed by atoms with Crippen molar-refractivity contribution in [2.75, 3.05) is 29.0 Å². The summed E-state index contributed by atoms with van der Waals surface area (Å²) in [5.41, 5.74) is 0.297. The van der Waals surface area contributed by atoms with Gasteiger partial charge in [0.05, 0.1) is 0 Å². The Morgan fingerprint density at radius 3 is 2.53 bits per heavy atom. The van der Waals surface area contributed by atoms with Crippen molar-refractivity contribution in [1.82, 2.24) is 20.3 Å². The second kappa shape index (κ2) is 12.1. The summed E-state index contributed by atoms with van der Waals surface area (Å²) in [6.07, 6.45) is 9.23. The van der Waals surface area contributed by atoms with Gasteiger partial charge in [0.2, 0.25) is 17.8 Å². The number of phosphoric ester groups is 1. The molecule has 2 atom stereocenters. The molecular weight excluding hydrogens is 488 g/mol. The largest absolute Gasteiger partial charge is 0.524 e. The third-order valence-electron chi connectivity index (χ3n) is 6.65. The van der Waals surface area contributed by atoms with Crippen LogP contribution in [0.15, 0.2) is 18.2 Å². The predicted molar refractivity (Wildman–Crippen MR) is 136 cm³/mol. The Balaban J connectivity index is 1.52. The minimum atomic E-state index is -4.87. The molecule has 0 amide bonds. The van der Waals surface area contributed by atoms with E-state index in [4.69, 9.17) is 9.79 Å². The zero-order chi connectivity index (χ0) is 25.5. The molecule has 2 fully saturated rings. The summed E-state index contributed by atoms with van der Waals surface area (Å²) in [4.78, 5) is 31.5. The Kier molecular flexibility index (Phi) is 8.95.